The van der Waals surface area contributed by atoms with Gasteiger partial charge in [0.05, 0.1) is 24.0 Å². The first kappa shape index (κ1) is 11.1. The number of aryl methyl sites for hydroxylation is 1. The fourth-order valence-corrected chi connectivity index (χ4v) is 2.06. The van der Waals surface area contributed by atoms with Gasteiger partial charge in [-0.3, -0.25) is 9.48 Å². The molecule has 1 aromatic rings. The maximum absolute atomic E-state index is 12.1. The lowest BCUT2D eigenvalue weighted by molar-refractivity contribution is -0.0586. The van der Waals surface area contributed by atoms with Gasteiger partial charge in [-0.25, -0.2) is 0 Å². The average Bonchev–Trinajstić information content (AvgIpc) is 2.62. The van der Waals surface area contributed by atoms with Gasteiger partial charge in [0.2, 0.25) is 0 Å². The molecular weight excluding hydrogens is 206 g/mol. The summed E-state index contributed by atoms with van der Waals surface area (Å²) in [5.41, 5.74) is 0.642. The van der Waals surface area contributed by atoms with E-state index in [1.165, 1.54) is 0 Å². The standard InChI is InChI=1S/C11H17N3O2/c1-8-5-14(6-9(2)16-8)11(15)10-4-12-13(3)7-10/h4,7-9H,5-6H2,1-3H3/t8-,9-/m1/s1. The van der Waals surface area contributed by atoms with Crippen LogP contribution in [0.3, 0.4) is 0 Å². The zero-order valence-corrected chi connectivity index (χ0v) is 9.88. The number of aromatic nitrogens is 2. The second-order valence-corrected chi connectivity index (χ2v) is 4.37. The Morgan fingerprint density at radius 2 is 2.06 bits per heavy atom. The topological polar surface area (TPSA) is 47.4 Å². The second-order valence-electron chi connectivity index (χ2n) is 4.37. The quantitative estimate of drug-likeness (QED) is 0.703. The van der Waals surface area contributed by atoms with Gasteiger partial charge in [0.1, 0.15) is 0 Å². The Labute approximate surface area is 95.0 Å². The molecule has 1 aromatic heterocycles. The molecule has 1 fully saturated rings. The minimum atomic E-state index is 0.0371. The van der Waals surface area contributed by atoms with Crippen LogP contribution in [0.5, 0.6) is 0 Å². The van der Waals surface area contributed by atoms with Crippen molar-refractivity contribution in [3.8, 4) is 0 Å². The monoisotopic (exact) mass is 223 g/mol. The molecule has 0 N–H and O–H groups in total. The van der Waals surface area contributed by atoms with Crippen molar-refractivity contribution in [1.29, 1.82) is 0 Å². The molecule has 0 aromatic carbocycles. The minimum absolute atomic E-state index is 0.0371. The van der Waals surface area contributed by atoms with Gasteiger partial charge in [0, 0.05) is 26.3 Å². The molecule has 0 spiro atoms. The highest BCUT2D eigenvalue weighted by molar-refractivity contribution is 5.93. The fourth-order valence-electron chi connectivity index (χ4n) is 2.06. The highest BCUT2D eigenvalue weighted by atomic mass is 16.5. The number of nitrogens with zero attached hydrogens (tertiary/aromatic N) is 3. The van der Waals surface area contributed by atoms with Gasteiger partial charge in [0.25, 0.3) is 5.91 Å². The lowest BCUT2D eigenvalue weighted by Crippen LogP contribution is -2.48. The Kier molecular flexibility index (Phi) is 2.96. The average molecular weight is 223 g/mol. The molecule has 0 aliphatic carbocycles. The third-order valence-corrected chi connectivity index (χ3v) is 2.66. The smallest absolute Gasteiger partial charge is 0.257 e. The third kappa shape index (κ3) is 2.24. The number of hydrogen-bond acceptors (Lipinski definition) is 3. The van der Waals surface area contributed by atoms with Crippen LogP contribution in [-0.4, -0.2) is 45.9 Å². The molecule has 0 saturated carbocycles. The molecule has 2 atom stereocenters. The predicted molar refractivity (Wildman–Crippen MR) is 59.1 cm³/mol. The number of rotatable bonds is 1. The first-order valence-electron chi connectivity index (χ1n) is 5.49. The maximum Gasteiger partial charge on any atom is 0.257 e. The SMILES string of the molecule is C[C@@H]1CN(C(=O)c2cnn(C)c2)C[C@@H](C)O1. The Morgan fingerprint density at radius 1 is 1.44 bits per heavy atom. The van der Waals surface area contributed by atoms with Gasteiger partial charge in [-0.2, -0.15) is 5.10 Å². The number of morpholine rings is 1. The first-order chi connectivity index (χ1) is 7.56. The lowest BCUT2D eigenvalue weighted by Gasteiger charge is -2.35. The van der Waals surface area contributed by atoms with E-state index < -0.39 is 0 Å². The van der Waals surface area contributed by atoms with Crippen LogP contribution < -0.4 is 0 Å². The highest BCUT2D eigenvalue weighted by Gasteiger charge is 2.26. The van der Waals surface area contributed by atoms with Crippen LogP contribution in [0, 0.1) is 0 Å². The van der Waals surface area contributed by atoms with Crippen molar-refractivity contribution in [1.82, 2.24) is 14.7 Å². The van der Waals surface area contributed by atoms with Crippen molar-refractivity contribution in [3.63, 3.8) is 0 Å². The van der Waals surface area contributed by atoms with Crippen molar-refractivity contribution in [3.05, 3.63) is 18.0 Å². The number of ether oxygens (including phenoxy) is 1. The van der Waals surface area contributed by atoms with E-state index in [0.29, 0.717) is 18.7 Å². The van der Waals surface area contributed by atoms with E-state index in [-0.39, 0.29) is 18.1 Å². The van der Waals surface area contributed by atoms with Crippen LogP contribution >= 0.6 is 0 Å². The van der Waals surface area contributed by atoms with Crippen LogP contribution in [0.15, 0.2) is 12.4 Å². The van der Waals surface area contributed by atoms with Crippen LogP contribution in [0.2, 0.25) is 0 Å². The Hall–Kier alpha value is -1.36. The molecule has 0 unspecified atom stereocenters. The van der Waals surface area contributed by atoms with Crippen molar-refractivity contribution in [2.24, 2.45) is 7.05 Å². The lowest BCUT2D eigenvalue weighted by atomic mass is 10.2. The molecule has 88 valence electrons. The summed E-state index contributed by atoms with van der Waals surface area (Å²) >= 11 is 0. The van der Waals surface area contributed by atoms with Gasteiger partial charge in [-0.05, 0) is 13.8 Å². The van der Waals surface area contributed by atoms with Crippen molar-refractivity contribution < 1.29 is 9.53 Å². The minimum Gasteiger partial charge on any atom is -0.372 e. The summed E-state index contributed by atoms with van der Waals surface area (Å²) in [6.45, 7) is 5.27. The van der Waals surface area contributed by atoms with Gasteiger partial charge in [-0.1, -0.05) is 0 Å². The van der Waals surface area contributed by atoms with Crippen LogP contribution in [-0.2, 0) is 11.8 Å². The van der Waals surface area contributed by atoms with Crippen LogP contribution in [0.1, 0.15) is 24.2 Å². The van der Waals surface area contributed by atoms with E-state index in [1.807, 2.05) is 18.7 Å². The molecule has 1 saturated heterocycles. The molecule has 1 aliphatic rings. The molecular formula is C11H17N3O2. The molecule has 2 heterocycles. The maximum atomic E-state index is 12.1. The summed E-state index contributed by atoms with van der Waals surface area (Å²) in [5, 5.41) is 4.01. The van der Waals surface area contributed by atoms with Gasteiger partial charge < -0.3 is 9.64 Å². The first-order valence-corrected chi connectivity index (χ1v) is 5.49. The number of amides is 1. The van der Waals surface area contributed by atoms with Crippen molar-refractivity contribution in [2.45, 2.75) is 26.1 Å². The van der Waals surface area contributed by atoms with Crippen LogP contribution in [0.4, 0.5) is 0 Å². The zero-order valence-electron chi connectivity index (χ0n) is 9.88. The third-order valence-electron chi connectivity index (χ3n) is 2.66. The van der Waals surface area contributed by atoms with Gasteiger partial charge >= 0.3 is 0 Å². The highest BCUT2D eigenvalue weighted by Crippen LogP contribution is 2.13. The summed E-state index contributed by atoms with van der Waals surface area (Å²) in [4.78, 5) is 14.0. The molecule has 1 amide bonds. The largest absolute Gasteiger partial charge is 0.372 e. The van der Waals surface area contributed by atoms with E-state index in [0.717, 1.165) is 0 Å². The van der Waals surface area contributed by atoms with Gasteiger partial charge in [-0.15, -0.1) is 0 Å². The predicted octanol–water partition coefficient (Wildman–Crippen LogP) is 0.669. The molecule has 5 nitrogen and oxygen atoms in total. The van der Waals surface area contributed by atoms with Gasteiger partial charge in [0.15, 0.2) is 0 Å². The number of carbonyl (C=O) groups excluding carboxylic acids is 1. The van der Waals surface area contributed by atoms with Crippen LogP contribution in [0.25, 0.3) is 0 Å². The number of hydrogen-bond donors (Lipinski definition) is 0. The van der Waals surface area contributed by atoms with Crippen molar-refractivity contribution >= 4 is 5.91 Å². The normalized spacial score (nSPS) is 25.8. The fraction of sp³-hybridized carbons (Fsp3) is 0.636. The van der Waals surface area contributed by atoms with E-state index in [4.69, 9.17) is 4.74 Å². The summed E-state index contributed by atoms with van der Waals surface area (Å²) < 4.78 is 7.23. The van der Waals surface area contributed by atoms with Crippen molar-refractivity contribution in [2.75, 3.05) is 13.1 Å². The molecule has 1 aliphatic heterocycles. The Bertz CT molecular complexity index is 378. The Balaban J connectivity index is 2.09. The second kappa shape index (κ2) is 4.25. The number of carbonyl (C=O) groups is 1. The Morgan fingerprint density at radius 3 is 2.56 bits per heavy atom. The zero-order chi connectivity index (χ0) is 11.7. The summed E-state index contributed by atoms with van der Waals surface area (Å²) in [7, 11) is 1.81. The van der Waals surface area contributed by atoms with E-state index in [1.54, 1.807) is 24.1 Å². The van der Waals surface area contributed by atoms with E-state index in [2.05, 4.69) is 5.10 Å². The molecule has 5 heteroatoms. The summed E-state index contributed by atoms with van der Waals surface area (Å²) in [5.74, 6) is 0.0371. The molecule has 0 bridgehead atoms. The van der Waals surface area contributed by atoms with E-state index in [9.17, 15) is 4.79 Å². The molecule has 16 heavy (non-hydrogen) atoms. The summed E-state index contributed by atoms with van der Waals surface area (Å²) in [6, 6.07) is 0. The summed E-state index contributed by atoms with van der Waals surface area (Å²) in [6.07, 6.45) is 3.55. The molecule has 2 rings (SSSR count). The van der Waals surface area contributed by atoms with E-state index >= 15 is 0 Å². The molecule has 0 radical (unpaired) electrons.